The van der Waals surface area contributed by atoms with E-state index < -0.39 is 0 Å². The molecule has 0 saturated heterocycles. The van der Waals surface area contributed by atoms with Crippen LogP contribution in [0.3, 0.4) is 0 Å². The summed E-state index contributed by atoms with van der Waals surface area (Å²) in [5.41, 5.74) is 2.98. The lowest BCUT2D eigenvalue weighted by atomic mass is 10.2. The van der Waals surface area contributed by atoms with Crippen molar-refractivity contribution >= 4 is 28.7 Å². The van der Waals surface area contributed by atoms with Gasteiger partial charge in [-0.2, -0.15) is 5.11 Å². The van der Waals surface area contributed by atoms with Gasteiger partial charge < -0.3 is 19.7 Å². The van der Waals surface area contributed by atoms with E-state index in [9.17, 15) is 4.79 Å². The molecule has 1 amide bonds. The third kappa shape index (κ3) is 4.91. The SMILES string of the molecule is COc1cc(NC(=O)c2ccccn2)cc(OC)c1/N=N\c1ccc(N(C)C)cc1. The van der Waals surface area contributed by atoms with Crippen molar-refractivity contribution < 1.29 is 14.3 Å². The lowest BCUT2D eigenvalue weighted by molar-refractivity contribution is 0.102. The minimum absolute atomic E-state index is 0.306. The lowest BCUT2D eigenvalue weighted by Gasteiger charge is -2.13. The second-order valence-corrected chi connectivity index (χ2v) is 6.51. The summed E-state index contributed by atoms with van der Waals surface area (Å²) in [6.45, 7) is 0. The van der Waals surface area contributed by atoms with E-state index in [1.54, 1.807) is 36.5 Å². The molecule has 154 valence electrons. The van der Waals surface area contributed by atoms with Crippen LogP contribution in [0.4, 0.5) is 22.7 Å². The monoisotopic (exact) mass is 405 g/mol. The number of carbonyl (C=O) groups excluding carboxylic acids is 1. The molecule has 0 saturated carbocycles. The van der Waals surface area contributed by atoms with Gasteiger partial charge in [-0.05, 0) is 36.4 Å². The van der Waals surface area contributed by atoms with E-state index in [0.717, 1.165) is 5.69 Å². The van der Waals surface area contributed by atoms with Crippen LogP contribution in [0.25, 0.3) is 0 Å². The van der Waals surface area contributed by atoms with Gasteiger partial charge in [0.25, 0.3) is 5.91 Å². The average Bonchev–Trinajstić information content (AvgIpc) is 2.78. The normalized spacial score (nSPS) is 10.7. The number of amides is 1. The zero-order valence-electron chi connectivity index (χ0n) is 17.3. The van der Waals surface area contributed by atoms with Crippen LogP contribution in [0.1, 0.15) is 10.5 Å². The fraction of sp³-hybridized carbons (Fsp3) is 0.182. The van der Waals surface area contributed by atoms with Crippen LogP contribution in [-0.2, 0) is 0 Å². The molecule has 3 aromatic rings. The standard InChI is InChI=1S/C22H23N5O3/c1-27(2)17-10-8-15(9-11-17)25-26-21-19(29-3)13-16(14-20(21)30-4)24-22(28)18-7-5-6-12-23-18/h5-14H,1-4H3,(H,24,28)/b26-25-. The van der Waals surface area contributed by atoms with E-state index in [2.05, 4.69) is 20.5 Å². The number of carbonyl (C=O) groups is 1. The van der Waals surface area contributed by atoms with Crippen molar-refractivity contribution in [3.63, 3.8) is 0 Å². The third-order valence-electron chi connectivity index (χ3n) is 4.27. The zero-order valence-corrected chi connectivity index (χ0v) is 17.3. The van der Waals surface area contributed by atoms with Crippen molar-refractivity contribution in [1.29, 1.82) is 0 Å². The molecule has 8 heteroatoms. The third-order valence-corrected chi connectivity index (χ3v) is 4.27. The number of ether oxygens (including phenoxy) is 2. The highest BCUT2D eigenvalue weighted by atomic mass is 16.5. The smallest absolute Gasteiger partial charge is 0.274 e. The van der Waals surface area contributed by atoms with Gasteiger partial charge in [0.15, 0.2) is 17.2 Å². The first kappa shape index (κ1) is 20.8. The summed E-state index contributed by atoms with van der Waals surface area (Å²) in [7, 11) is 6.98. The number of nitrogens with zero attached hydrogens (tertiary/aromatic N) is 4. The Bertz CT molecular complexity index is 1010. The maximum Gasteiger partial charge on any atom is 0.274 e. The number of hydrogen-bond donors (Lipinski definition) is 1. The molecular formula is C22H23N5O3. The molecule has 0 radical (unpaired) electrons. The largest absolute Gasteiger partial charge is 0.494 e. The Balaban J connectivity index is 1.87. The van der Waals surface area contributed by atoms with Crippen molar-refractivity contribution in [3.8, 4) is 11.5 Å². The van der Waals surface area contributed by atoms with Gasteiger partial charge in [-0.15, -0.1) is 5.11 Å². The molecule has 0 bridgehead atoms. The van der Waals surface area contributed by atoms with Crippen molar-refractivity contribution in [3.05, 3.63) is 66.5 Å². The quantitative estimate of drug-likeness (QED) is 0.569. The summed E-state index contributed by atoms with van der Waals surface area (Å²) in [6.07, 6.45) is 1.56. The number of benzene rings is 2. The molecule has 1 N–H and O–H groups in total. The summed E-state index contributed by atoms with van der Waals surface area (Å²) in [5.74, 6) is 0.494. The molecule has 2 aromatic carbocycles. The maximum absolute atomic E-state index is 12.4. The van der Waals surface area contributed by atoms with E-state index in [1.807, 2.05) is 43.3 Å². The van der Waals surface area contributed by atoms with Crippen molar-refractivity contribution in [2.24, 2.45) is 10.2 Å². The summed E-state index contributed by atoms with van der Waals surface area (Å²) in [5, 5.41) is 11.4. The highest BCUT2D eigenvalue weighted by Gasteiger charge is 2.15. The summed E-state index contributed by atoms with van der Waals surface area (Å²) in [4.78, 5) is 18.4. The van der Waals surface area contributed by atoms with Gasteiger partial charge in [0.1, 0.15) is 5.69 Å². The molecule has 0 aliphatic rings. The topological polar surface area (TPSA) is 88.4 Å². The van der Waals surface area contributed by atoms with Crippen LogP contribution in [-0.4, -0.2) is 39.2 Å². The molecule has 0 aliphatic heterocycles. The number of azo groups is 1. The Labute approximate surface area is 175 Å². The Morgan fingerprint density at radius 3 is 2.17 bits per heavy atom. The number of nitrogens with one attached hydrogen (secondary N) is 1. The van der Waals surface area contributed by atoms with Crippen LogP contribution in [0, 0.1) is 0 Å². The Hall–Kier alpha value is -3.94. The van der Waals surface area contributed by atoms with Gasteiger partial charge in [0.2, 0.25) is 0 Å². The molecule has 0 aliphatic carbocycles. The first-order valence-electron chi connectivity index (χ1n) is 9.19. The van der Waals surface area contributed by atoms with Gasteiger partial charge >= 0.3 is 0 Å². The van der Waals surface area contributed by atoms with E-state index in [1.165, 1.54) is 14.2 Å². The van der Waals surface area contributed by atoms with E-state index in [-0.39, 0.29) is 5.91 Å². The average molecular weight is 405 g/mol. The van der Waals surface area contributed by atoms with E-state index in [4.69, 9.17) is 9.47 Å². The van der Waals surface area contributed by atoms with E-state index >= 15 is 0 Å². The molecule has 30 heavy (non-hydrogen) atoms. The number of methoxy groups -OCH3 is 2. The number of anilines is 2. The number of rotatable bonds is 7. The second-order valence-electron chi connectivity index (χ2n) is 6.51. The molecular weight excluding hydrogens is 382 g/mol. The van der Waals surface area contributed by atoms with Crippen LogP contribution in [0.5, 0.6) is 11.5 Å². The molecule has 0 atom stereocenters. The van der Waals surface area contributed by atoms with Gasteiger partial charge in [0, 0.05) is 43.8 Å². The molecule has 1 aromatic heterocycles. The Morgan fingerprint density at radius 1 is 0.967 bits per heavy atom. The molecule has 0 fully saturated rings. The summed E-state index contributed by atoms with van der Waals surface area (Å²) in [6, 6.07) is 16.1. The number of pyridine rings is 1. The van der Waals surface area contributed by atoms with Crippen LogP contribution < -0.4 is 19.7 Å². The molecule has 0 spiro atoms. The van der Waals surface area contributed by atoms with Gasteiger partial charge in [0.05, 0.1) is 19.9 Å². The predicted molar refractivity (Wildman–Crippen MR) is 117 cm³/mol. The summed E-state index contributed by atoms with van der Waals surface area (Å²) >= 11 is 0. The zero-order chi connectivity index (χ0) is 21.5. The molecule has 1 heterocycles. The van der Waals surface area contributed by atoms with Crippen molar-refractivity contribution in [2.75, 3.05) is 38.5 Å². The summed E-state index contributed by atoms with van der Waals surface area (Å²) < 4.78 is 10.9. The van der Waals surface area contributed by atoms with Crippen molar-refractivity contribution in [2.45, 2.75) is 0 Å². The fourth-order valence-electron chi connectivity index (χ4n) is 2.68. The van der Waals surface area contributed by atoms with Crippen LogP contribution >= 0.6 is 0 Å². The van der Waals surface area contributed by atoms with Crippen LogP contribution in [0.15, 0.2) is 71.0 Å². The minimum Gasteiger partial charge on any atom is -0.494 e. The fourth-order valence-corrected chi connectivity index (χ4v) is 2.68. The Morgan fingerprint density at radius 2 is 1.63 bits per heavy atom. The minimum atomic E-state index is -0.338. The molecule has 3 rings (SSSR count). The highest BCUT2D eigenvalue weighted by Crippen LogP contribution is 2.41. The lowest BCUT2D eigenvalue weighted by Crippen LogP contribution is -2.13. The maximum atomic E-state index is 12.4. The molecule has 8 nitrogen and oxygen atoms in total. The van der Waals surface area contributed by atoms with Gasteiger partial charge in [-0.25, -0.2) is 0 Å². The predicted octanol–water partition coefficient (Wildman–Crippen LogP) is 4.83. The molecule has 0 unspecified atom stereocenters. The number of aromatic nitrogens is 1. The van der Waals surface area contributed by atoms with Gasteiger partial charge in [-0.3, -0.25) is 9.78 Å². The van der Waals surface area contributed by atoms with E-state index in [0.29, 0.717) is 34.3 Å². The van der Waals surface area contributed by atoms with Crippen molar-refractivity contribution in [1.82, 2.24) is 4.98 Å². The number of hydrogen-bond acceptors (Lipinski definition) is 7. The first-order valence-corrected chi connectivity index (χ1v) is 9.19. The second kappa shape index (κ2) is 9.51. The first-order chi connectivity index (χ1) is 14.5. The van der Waals surface area contributed by atoms with Gasteiger partial charge in [-0.1, -0.05) is 6.07 Å². The highest BCUT2D eigenvalue weighted by molar-refractivity contribution is 6.03. The Kier molecular flexibility index (Phi) is 6.59. The van der Waals surface area contributed by atoms with Crippen LogP contribution in [0.2, 0.25) is 0 Å².